The Morgan fingerprint density at radius 3 is 2.83 bits per heavy atom. The van der Waals surface area contributed by atoms with Crippen molar-refractivity contribution in [3.05, 3.63) is 24.3 Å². The van der Waals surface area contributed by atoms with Crippen LogP contribution in [0.4, 0.5) is 0 Å². The van der Waals surface area contributed by atoms with E-state index in [9.17, 15) is 4.79 Å². The minimum atomic E-state index is -0.349. The topological polar surface area (TPSA) is 68.9 Å². The summed E-state index contributed by atoms with van der Waals surface area (Å²) in [5.74, 6) is -0.656. The van der Waals surface area contributed by atoms with Crippen LogP contribution in [0.2, 0.25) is 0 Å². The molecule has 1 atom stereocenters. The number of aromatic nitrogens is 2. The molecule has 0 bridgehead atoms. The lowest BCUT2D eigenvalue weighted by Gasteiger charge is -2.07. The molecule has 0 saturated heterocycles. The van der Waals surface area contributed by atoms with Crippen LogP contribution in [-0.2, 0) is 4.79 Å². The molecule has 12 heavy (non-hydrogen) atoms. The summed E-state index contributed by atoms with van der Waals surface area (Å²) in [6, 6.07) is 0. The maximum atomic E-state index is 10.9. The van der Waals surface area contributed by atoms with Gasteiger partial charge in [0.25, 0.3) is 0 Å². The first-order valence-electron chi connectivity index (χ1n) is 3.81. The molecule has 4 heteroatoms. The Hall–Kier alpha value is -1.45. The number of nitrogens with two attached hydrogens (primary N) is 1. The molecule has 0 aliphatic rings. The van der Waals surface area contributed by atoms with E-state index in [1.807, 2.05) is 6.92 Å². The van der Waals surface area contributed by atoms with E-state index in [0.717, 1.165) is 0 Å². The molecule has 0 aliphatic carbocycles. The number of primary amides is 1. The quantitative estimate of drug-likeness (QED) is 0.707. The zero-order chi connectivity index (χ0) is 8.97. The average molecular weight is 165 g/mol. The van der Waals surface area contributed by atoms with Crippen molar-refractivity contribution >= 4 is 5.91 Å². The molecule has 2 N–H and O–H groups in total. The van der Waals surface area contributed by atoms with Crippen LogP contribution in [0, 0.1) is 0 Å². The van der Waals surface area contributed by atoms with Crippen LogP contribution in [0.25, 0.3) is 0 Å². The number of hydrogen-bond acceptors (Lipinski definition) is 3. The molecular weight excluding hydrogens is 154 g/mol. The minimum Gasteiger partial charge on any atom is -0.369 e. The summed E-state index contributed by atoms with van der Waals surface area (Å²) in [7, 11) is 0. The van der Waals surface area contributed by atoms with Crippen molar-refractivity contribution in [2.24, 2.45) is 5.73 Å². The molecule has 1 heterocycles. The summed E-state index contributed by atoms with van der Waals surface area (Å²) >= 11 is 0. The normalized spacial score (nSPS) is 12.4. The molecule has 0 aliphatic heterocycles. The molecule has 1 amide bonds. The Morgan fingerprint density at radius 1 is 1.67 bits per heavy atom. The highest BCUT2D eigenvalue weighted by Gasteiger charge is 2.16. The Bertz CT molecular complexity index is 260. The molecule has 0 spiro atoms. The molecule has 1 aromatic heterocycles. The molecule has 0 fully saturated rings. The highest BCUT2D eigenvalue weighted by atomic mass is 16.1. The van der Waals surface area contributed by atoms with E-state index >= 15 is 0 Å². The first-order valence-corrected chi connectivity index (χ1v) is 3.81. The van der Waals surface area contributed by atoms with Gasteiger partial charge in [0.15, 0.2) is 0 Å². The fraction of sp³-hybridized carbons (Fsp3) is 0.375. The number of nitrogens with zero attached hydrogens (tertiary/aromatic N) is 2. The van der Waals surface area contributed by atoms with E-state index in [0.29, 0.717) is 12.1 Å². The molecule has 1 unspecified atom stereocenters. The van der Waals surface area contributed by atoms with Crippen LogP contribution in [0.15, 0.2) is 18.6 Å². The van der Waals surface area contributed by atoms with Crippen molar-refractivity contribution < 1.29 is 4.79 Å². The largest absolute Gasteiger partial charge is 0.369 e. The minimum absolute atomic E-state index is 0.307. The van der Waals surface area contributed by atoms with Crippen LogP contribution >= 0.6 is 0 Å². The Labute approximate surface area is 70.8 Å². The maximum absolute atomic E-state index is 10.9. The predicted octanol–water partition coefficient (Wildman–Crippen LogP) is 0.455. The SMILES string of the molecule is CCC(C(N)=O)c1cnccn1. The van der Waals surface area contributed by atoms with Gasteiger partial charge in [0.2, 0.25) is 5.91 Å². The van der Waals surface area contributed by atoms with Crippen molar-refractivity contribution in [2.45, 2.75) is 19.3 Å². The van der Waals surface area contributed by atoms with Gasteiger partial charge in [0.05, 0.1) is 11.6 Å². The van der Waals surface area contributed by atoms with Crippen LogP contribution in [0.3, 0.4) is 0 Å². The van der Waals surface area contributed by atoms with Crippen molar-refractivity contribution in [2.75, 3.05) is 0 Å². The number of hydrogen-bond donors (Lipinski definition) is 1. The molecule has 4 nitrogen and oxygen atoms in total. The smallest absolute Gasteiger partial charge is 0.226 e. The average Bonchev–Trinajstić information content (AvgIpc) is 2.07. The summed E-state index contributed by atoms with van der Waals surface area (Å²) < 4.78 is 0. The van der Waals surface area contributed by atoms with E-state index in [1.54, 1.807) is 18.6 Å². The second kappa shape index (κ2) is 3.80. The standard InChI is InChI=1S/C8H11N3O/c1-2-6(8(9)12)7-5-10-3-4-11-7/h3-6H,2H2,1H3,(H2,9,12). The summed E-state index contributed by atoms with van der Waals surface area (Å²) in [6.07, 6.45) is 5.35. The van der Waals surface area contributed by atoms with Crippen LogP contribution < -0.4 is 5.73 Å². The van der Waals surface area contributed by atoms with E-state index in [4.69, 9.17) is 5.73 Å². The highest BCUT2D eigenvalue weighted by molar-refractivity contribution is 5.81. The van der Waals surface area contributed by atoms with Gasteiger partial charge in [-0.1, -0.05) is 6.92 Å². The zero-order valence-electron chi connectivity index (χ0n) is 6.90. The molecule has 0 radical (unpaired) electrons. The van der Waals surface area contributed by atoms with Gasteiger partial charge in [0.1, 0.15) is 0 Å². The molecule has 64 valence electrons. The molecule has 0 aromatic carbocycles. The van der Waals surface area contributed by atoms with Gasteiger partial charge >= 0.3 is 0 Å². The fourth-order valence-corrected chi connectivity index (χ4v) is 1.05. The molecule has 1 rings (SSSR count). The summed E-state index contributed by atoms with van der Waals surface area (Å²) in [4.78, 5) is 18.8. The first-order chi connectivity index (χ1) is 5.75. The number of carbonyl (C=O) groups excluding carboxylic acids is 1. The lowest BCUT2D eigenvalue weighted by molar-refractivity contribution is -0.119. The van der Waals surface area contributed by atoms with Crippen LogP contribution in [-0.4, -0.2) is 15.9 Å². The molecule has 0 saturated carbocycles. The summed E-state index contributed by atoms with van der Waals surface area (Å²) in [5, 5.41) is 0. The third kappa shape index (κ3) is 1.78. The summed E-state index contributed by atoms with van der Waals surface area (Å²) in [6.45, 7) is 1.89. The maximum Gasteiger partial charge on any atom is 0.226 e. The second-order valence-electron chi connectivity index (χ2n) is 2.49. The lowest BCUT2D eigenvalue weighted by atomic mass is 10.0. The first kappa shape index (κ1) is 8.64. The zero-order valence-corrected chi connectivity index (χ0v) is 6.90. The van der Waals surface area contributed by atoms with Crippen molar-refractivity contribution in [3.63, 3.8) is 0 Å². The Balaban J connectivity index is 2.88. The van der Waals surface area contributed by atoms with Gasteiger partial charge in [-0.15, -0.1) is 0 Å². The van der Waals surface area contributed by atoms with E-state index in [1.165, 1.54) is 0 Å². The molecule has 1 aromatic rings. The van der Waals surface area contributed by atoms with Gasteiger partial charge in [-0.2, -0.15) is 0 Å². The van der Waals surface area contributed by atoms with Gasteiger partial charge in [-0.05, 0) is 6.42 Å². The van der Waals surface area contributed by atoms with E-state index in [2.05, 4.69) is 9.97 Å². The van der Waals surface area contributed by atoms with Crippen LogP contribution in [0.1, 0.15) is 25.0 Å². The second-order valence-corrected chi connectivity index (χ2v) is 2.49. The van der Waals surface area contributed by atoms with E-state index < -0.39 is 0 Å². The van der Waals surface area contributed by atoms with Crippen molar-refractivity contribution in [3.8, 4) is 0 Å². The van der Waals surface area contributed by atoms with Gasteiger partial charge in [-0.25, -0.2) is 0 Å². The number of rotatable bonds is 3. The third-order valence-electron chi connectivity index (χ3n) is 1.69. The fourth-order valence-electron chi connectivity index (χ4n) is 1.05. The monoisotopic (exact) mass is 165 g/mol. The highest BCUT2D eigenvalue weighted by Crippen LogP contribution is 2.14. The Kier molecular flexibility index (Phi) is 2.74. The van der Waals surface area contributed by atoms with Crippen molar-refractivity contribution in [1.29, 1.82) is 0 Å². The molecular formula is C8H11N3O. The van der Waals surface area contributed by atoms with E-state index in [-0.39, 0.29) is 11.8 Å². The lowest BCUT2D eigenvalue weighted by Crippen LogP contribution is -2.21. The van der Waals surface area contributed by atoms with Crippen LogP contribution in [0.5, 0.6) is 0 Å². The van der Waals surface area contributed by atoms with Crippen molar-refractivity contribution in [1.82, 2.24) is 9.97 Å². The Morgan fingerprint density at radius 2 is 2.42 bits per heavy atom. The number of carbonyl (C=O) groups is 1. The van der Waals surface area contributed by atoms with Gasteiger partial charge < -0.3 is 5.73 Å². The van der Waals surface area contributed by atoms with Gasteiger partial charge in [0, 0.05) is 18.6 Å². The van der Waals surface area contributed by atoms with Gasteiger partial charge in [-0.3, -0.25) is 14.8 Å². The number of amides is 1. The summed E-state index contributed by atoms with van der Waals surface area (Å²) in [5.41, 5.74) is 5.82. The predicted molar refractivity (Wildman–Crippen MR) is 44.3 cm³/mol. The third-order valence-corrected chi connectivity index (χ3v) is 1.69.